The zero-order valence-electron chi connectivity index (χ0n) is 17.7. The molecule has 2 saturated carbocycles. The third-order valence-corrected chi connectivity index (χ3v) is 7.16. The molecule has 6 nitrogen and oxygen atoms in total. The van der Waals surface area contributed by atoms with E-state index in [1.807, 2.05) is 6.07 Å². The maximum absolute atomic E-state index is 11.2. The fourth-order valence-electron chi connectivity index (χ4n) is 4.52. The van der Waals surface area contributed by atoms with Gasteiger partial charge in [-0.15, -0.1) is 0 Å². The van der Waals surface area contributed by atoms with Crippen molar-refractivity contribution in [1.29, 1.82) is 0 Å². The first-order chi connectivity index (χ1) is 14.3. The van der Waals surface area contributed by atoms with Crippen molar-refractivity contribution in [1.82, 2.24) is 0 Å². The third kappa shape index (κ3) is 5.27. The molecule has 30 heavy (non-hydrogen) atoms. The van der Waals surface area contributed by atoms with E-state index in [2.05, 4.69) is 0 Å². The number of aromatic hydroxyl groups is 2. The molecule has 3 rings (SSSR count). The first-order valence-corrected chi connectivity index (χ1v) is 11.3. The summed E-state index contributed by atoms with van der Waals surface area (Å²) in [4.78, 5) is 22.5. The zero-order valence-corrected chi connectivity index (χ0v) is 17.7. The van der Waals surface area contributed by atoms with Crippen LogP contribution in [-0.2, 0) is 22.4 Å². The fraction of sp³-hybridized carbons (Fsp3) is 0.667. The number of unbranched alkanes of at least 4 members (excludes halogenated alkanes) is 4. The summed E-state index contributed by atoms with van der Waals surface area (Å²) in [5.74, 6) is -1.48. The first-order valence-electron chi connectivity index (χ1n) is 11.3. The van der Waals surface area contributed by atoms with Crippen LogP contribution in [0.25, 0.3) is 0 Å². The number of hydrogen-bond acceptors (Lipinski definition) is 4. The van der Waals surface area contributed by atoms with Crippen LogP contribution in [0.1, 0.15) is 88.2 Å². The van der Waals surface area contributed by atoms with E-state index in [1.165, 1.54) is 6.07 Å². The molecule has 6 heteroatoms. The van der Waals surface area contributed by atoms with E-state index in [0.717, 1.165) is 94.6 Å². The molecular weight excluding hydrogens is 384 g/mol. The molecule has 4 N–H and O–H groups in total. The Morgan fingerprint density at radius 1 is 0.733 bits per heavy atom. The molecule has 0 amide bonds. The minimum Gasteiger partial charge on any atom is -0.504 e. The normalized spacial score (nSPS) is 18.1. The standard InChI is InChI=1S/C24H34O6/c25-19-10-9-17(7-3-1-5-11-23(13-14-23)21(27)28)18(20(19)26)8-4-2-6-12-24(15-16-24)22(29)30/h9-10,25-26H,1-8,11-16H2,(H,27,28)(H,29,30). The Balaban J connectivity index is 1.43. The number of benzene rings is 1. The SMILES string of the molecule is O=C(O)C1(CCCCCc2ccc(O)c(O)c2CCCCCC2(C(=O)O)CC2)CC1. The summed E-state index contributed by atoms with van der Waals surface area (Å²) in [5, 5.41) is 38.7. The second-order valence-electron chi connectivity index (χ2n) is 9.36. The van der Waals surface area contributed by atoms with E-state index in [4.69, 9.17) is 0 Å². The van der Waals surface area contributed by atoms with E-state index in [1.54, 1.807) is 0 Å². The Morgan fingerprint density at radius 3 is 1.70 bits per heavy atom. The second kappa shape index (κ2) is 9.27. The van der Waals surface area contributed by atoms with Crippen molar-refractivity contribution in [2.24, 2.45) is 10.8 Å². The van der Waals surface area contributed by atoms with Gasteiger partial charge in [-0.1, -0.05) is 31.7 Å². The van der Waals surface area contributed by atoms with Crippen molar-refractivity contribution in [3.8, 4) is 11.5 Å². The summed E-state index contributed by atoms with van der Waals surface area (Å²) in [6.45, 7) is 0. The number of phenols is 2. The van der Waals surface area contributed by atoms with Crippen LogP contribution in [0.5, 0.6) is 11.5 Å². The van der Waals surface area contributed by atoms with Crippen LogP contribution in [0.4, 0.5) is 0 Å². The van der Waals surface area contributed by atoms with Gasteiger partial charge in [0, 0.05) is 5.56 Å². The fourth-order valence-corrected chi connectivity index (χ4v) is 4.52. The third-order valence-electron chi connectivity index (χ3n) is 7.16. The van der Waals surface area contributed by atoms with Crippen LogP contribution in [0.3, 0.4) is 0 Å². The highest BCUT2D eigenvalue weighted by Crippen LogP contribution is 2.51. The largest absolute Gasteiger partial charge is 0.504 e. The van der Waals surface area contributed by atoms with Gasteiger partial charge in [0.25, 0.3) is 0 Å². The van der Waals surface area contributed by atoms with Crippen molar-refractivity contribution in [3.63, 3.8) is 0 Å². The summed E-state index contributed by atoms with van der Waals surface area (Å²) >= 11 is 0. The molecule has 0 radical (unpaired) electrons. The molecule has 0 aromatic heterocycles. The molecule has 0 spiro atoms. The maximum Gasteiger partial charge on any atom is 0.309 e. The number of aryl methyl sites for hydroxylation is 1. The summed E-state index contributed by atoms with van der Waals surface area (Å²) in [6, 6.07) is 3.40. The second-order valence-corrected chi connectivity index (χ2v) is 9.36. The van der Waals surface area contributed by atoms with E-state index < -0.39 is 22.8 Å². The van der Waals surface area contributed by atoms with Crippen molar-refractivity contribution in [3.05, 3.63) is 23.3 Å². The average Bonchev–Trinajstić information content (AvgIpc) is 3.61. The number of carboxylic acid groups (broad SMARTS) is 2. The Kier molecular flexibility index (Phi) is 6.94. The zero-order chi connectivity index (χ0) is 21.8. The van der Waals surface area contributed by atoms with E-state index >= 15 is 0 Å². The molecule has 166 valence electrons. The molecule has 0 atom stereocenters. The lowest BCUT2D eigenvalue weighted by atomic mass is 9.93. The van der Waals surface area contributed by atoms with Crippen molar-refractivity contribution < 1.29 is 30.0 Å². The van der Waals surface area contributed by atoms with Crippen LogP contribution in [-0.4, -0.2) is 32.4 Å². The molecule has 2 aliphatic rings. The Bertz CT molecular complexity index is 776. The van der Waals surface area contributed by atoms with Crippen LogP contribution in [0.2, 0.25) is 0 Å². The smallest absolute Gasteiger partial charge is 0.309 e. The summed E-state index contributed by atoms with van der Waals surface area (Å²) < 4.78 is 0. The molecule has 2 fully saturated rings. The number of aliphatic carboxylic acids is 2. The molecule has 1 aromatic carbocycles. The van der Waals surface area contributed by atoms with Gasteiger partial charge in [0.05, 0.1) is 10.8 Å². The van der Waals surface area contributed by atoms with Gasteiger partial charge in [0.2, 0.25) is 0 Å². The van der Waals surface area contributed by atoms with Crippen molar-refractivity contribution in [2.45, 2.75) is 89.9 Å². The predicted molar refractivity (Wildman–Crippen MR) is 113 cm³/mol. The molecule has 2 aliphatic carbocycles. The predicted octanol–water partition coefficient (Wildman–Crippen LogP) is 5.03. The van der Waals surface area contributed by atoms with Crippen molar-refractivity contribution >= 4 is 11.9 Å². The minimum atomic E-state index is -0.675. The highest BCUT2D eigenvalue weighted by Gasteiger charge is 2.49. The van der Waals surface area contributed by atoms with Gasteiger partial charge in [0.1, 0.15) is 0 Å². The highest BCUT2D eigenvalue weighted by molar-refractivity contribution is 5.78. The van der Waals surface area contributed by atoms with Crippen LogP contribution in [0, 0.1) is 10.8 Å². The quantitative estimate of drug-likeness (QED) is 0.249. The monoisotopic (exact) mass is 418 g/mol. The van der Waals surface area contributed by atoms with E-state index in [0.29, 0.717) is 6.42 Å². The number of hydrogen-bond donors (Lipinski definition) is 4. The lowest BCUT2D eigenvalue weighted by Crippen LogP contribution is -2.14. The molecule has 0 bridgehead atoms. The topological polar surface area (TPSA) is 115 Å². The number of phenolic OH excluding ortho intramolecular Hbond substituents is 2. The van der Waals surface area contributed by atoms with Gasteiger partial charge in [-0.3, -0.25) is 9.59 Å². The Hall–Kier alpha value is -2.24. The van der Waals surface area contributed by atoms with Gasteiger partial charge in [0.15, 0.2) is 11.5 Å². The maximum atomic E-state index is 11.2. The number of carbonyl (C=O) groups is 2. The summed E-state index contributed by atoms with van der Waals surface area (Å²) in [6.07, 6.45) is 11.5. The van der Waals surface area contributed by atoms with Gasteiger partial charge in [-0.05, 0) is 75.8 Å². The lowest BCUT2D eigenvalue weighted by molar-refractivity contribution is -0.144. The lowest BCUT2D eigenvalue weighted by Gasteiger charge is -2.14. The molecule has 0 aliphatic heterocycles. The number of rotatable bonds is 14. The van der Waals surface area contributed by atoms with E-state index in [9.17, 15) is 30.0 Å². The van der Waals surface area contributed by atoms with Crippen molar-refractivity contribution in [2.75, 3.05) is 0 Å². The molecular formula is C24H34O6. The first kappa shape index (κ1) is 22.4. The average molecular weight is 419 g/mol. The minimum absolute atomic E-state index is 0.0421. The van der Waals surface area contributed by atoms with Gasteiger partial charge < -0.3 is 20.4 Å². The van der Waals surface area contributed by atoms with Gasteiger partial charge >= 0.3 is 11.9 Å². The molecule has 0 heterocycles. The molecule has 0 saturated heterocycles. The van der Waals surface area contributed by atoms with E-state index in [-0.39, 0.29) is 11.5 Å². The van der Waals surface area contributed by atoms with Crippen LogP contribution < -0.4 is 0 Å². The highest BCUT2D eigenvalue weighted by atomic mass is 16.4. The van der Waals surface area contributed by atoms with Gasteiger partial charge in [-0.2, -0.15) is 0 Å². The molecule has 1 aromatic rings. The Labute approximate surface area is 177 Å². The van der Waals surface area contributed by atoms with Crippen LogP contribution >= 0.6 is 0 Å². The summed E-state index contributed by atoms with van der Waals surface area (Å²) in [5.41, 5.74) is 0.895. The summed E-state index contributed by atoms with van der Waals surface area (Å²) in [7, 11) is 0. The van der Waals surface area contributed by atoms with Gasteiger partial charge in [-0.25, -0.2) is 0 Å². The Morgan fingerprint density at radius 2 is 1.23 bits per heavy atom. The number of carboxylic acids is 2. The molecule has 0 unspecified atom stereocenters. The van der Waals surface area contributed by atoms with Crippen LogP contribution in [0.15, 0.2) is 12.1 Å².